The van der Waals surface area contributed by atoms with E-state index in [0.717, 1.165) is 5.69 Å². The van der Waals surface area contributed by atoms with Gasteiger partial charge in [-0.25, -0.2) is 0 Å². The van der Waals surface area contributed by atoms with Gasteiger partial charge in [-0.15, -0.1) is 0 Å². The topological polar surface area (TPSA) is 32.3 Å². The van der Waals surface area contributed by atoms with Crippen molar-refractivity contribution in [2.75, 3.05) is 11.0 Å². The SMILES string of the molecule is CSNc1ccccc1O. The standard InChI is InChI=1S/C7H9NOS/c1-10-8-6-4-2-3-5-7(6)9/h2-5,8-9H,1H3. The number of anilines is 1. The minimum atomic E-state index is 0.289. The van der Waals surface area contributed by atoms with E-state index >= 15 is 0 Å². The fourth-order valence-electron chi connectivity index (χ4n) is 0.670. The quantitative estimate of drug-likeness (QED) is 0.506. The Hall–Kier alpha value is -0.830. The lowest BCUT2D eigenvalue weighted by molar-refractivity contribution is 0.478. The molecule has 0 heterocycles. The number of phenols is 1. The fourth-order valence-corrected chi connectivity index (χ4v) is 1.06. The molecule has 0 unspecified atom stereocenters. The first-order chi connectivity index (χ1) is 4.84. The van der Waals surface area contributed by atoms with E-state index in [1.165, 1.54) is 11.9 Å². The largest absolute Gasteiger partial charge is 0.506 e. The molecular weight excluding hydrogens is 146 g/mol. The van der Waals surface area contributed by atoms with Crippen molar-refractivity contribution in [3.05, 3.63) is 24.3 Å². The minimum Gasteiger partial charge on any atom is -0.506 e. The highest BCUT2D eigenvalue weighted by Gasteiger charge is 1.94. The molecule has 1 aromatic carbocycles. The van der Waals surface area contributed by atoms with E-state index in [9.17, 15) is 0 Å². The lowest BCUT2D eigenvalue weighted by Crippen LogP contribution is -1.83. The highest BCUT2D eigenvalue weighted by atomic mass is 32.2. The summed E-state index contributed by atoms with van der Waals surface area (Å²) in [6, 6.07) is 7.14. The molecule has 0 aliphatic heterocycles. The summed E-state index contributed by atoms with van der Waals surface area (Å²) in [5, 5.41) is 9.17. The van der Waals surface area contributed by atoms with Crippen molar-refractivity contribution in [1.82, 2.24) is 0 Å². The second kappa shape index (κ2) is 3.37. The van der Waals surface area contributed by atoms with Crippen molar-refractivity contribution in [1.29, 1.82) is 0 Å². The Balaban J connectivity index is 2.81. The first kappa shape index (κ1) is 7.28. The second-order valence-electron chi connectivity index (χ2n) is 1.82. The maximum Gasteiger partial charge on any atom is 0.139 e. The van der Waals surface area contributed by atoms with Crippen molar-refractivity contribution in [2.45, 2.75) is 0 Å². The monoisotopic (exact) mass is 155 g/mol. The molecule has 0 saturated carbocycles. The van der Waals surface area contributed by atoms with Crippen LogP contribution in [0.2, 0.25) is 0 Å². The molecule has 0 spiro atoms. The van der Waals surface area contributed by atoms with Crippen LogP contribution in [-0.4, -0.2) is 11.4 Å². The predicted molar refractivity (Wildman–Crippen MR) is 45.2 cm³/mol. The molecule has 0 fully saturated rings. The molecule has 0 saturated heterocycles. The molecule has 0 aliphatic carbocycles. The van der Waals surface area contributed by atoms with Crippen LogP contribution in [0.1, 0.15) is 0 Å². The molecule has 0 aliphatic rings. The molecular formula is C7H9NOS. The van der Waals surface area contributed by atoms with E-state index in [2.05, 4.69) is 4.72 Å². The van der Waals surface area contributed by atoms with Gasteiger partial charge in [0.1, 0.15) is 5.75 Å². The fraction of sp³-hybridized carbons (Fsp3) is 0.143. The number of hydrogen-bond donors (Lipinski definition) is 2. The molecule has 2 N–H and O–H groups in total. The molecule has 1 aromatic rings. The van der Waals surface area contributed by atoms with Crippen LogP contribution in [0.4, 0.5) is 5.69 Å². The molecule has 54 valence electrons. The Morgan fingerprint density at radius 1 is 1.40 bits per heavy atom. The molecule has 0 amide bonds. The Labute approximate surface area is 64.4 Å². The number of nitrogens with one attached hydrogen (secondary N) is 1. The van der Waals surface area contributed by atoms with Crippen LogP contribution in [0.25, 0.3) is 0 Å². The number of phenolic OH excluding ortho intramolecular Hbond substituents is 1. The number of benzene rings is 1. The first-order valence-corrected chi connectivity index (χ1v) is 4.14. The third kappa shape index (κ3) is 1.57. The molecule has 10 heavy (non-hydrogen) atoms. The lowest BCUT2D eigenvalue weighted by Gasteiger charge is -2.02. The Bertz CT molecular complexity index is 215. The van der Waals surface area contributed by atoms with Crippen LogP contribution in [-0.2, 0) is 0 Å². The lowest BCUT2D eigenvalue weighted by atomic mass is 10.3. The van der Waals surface area contributed by atoms with E-state index in [1.807, 2.05) is 18.4 Å². The number of aromatic hydroxyl groups is 1. The summed E-state index contributed by atoms with van der Waals surface area (Å²) < 4.78 is 2.94. The van der Waals surface area contributed by atoms with Crippen molar-refractivity contribution in [3.8, 4) is 5.75 Å². The highest BCUT2D eigenvalue weighted by molar-refractivity contribution is 7.99. The van der Waals surface area contributed by atoms with Crippen LogP contribution in [0.3, 0.4) is 0 Å². The van der Waals surface area contributed by atoms with Crippen molar-refractivity contribution >= 4 is 17.6 Å². The van der Waals surface area contributed by atoms with Gasteiger partial charge < -0.3 is 9.83 Å². The van der Waals surface area contributed by atoms with Gasteiger partial charge in [0, 0.05) is 6.26 Å². The summed E-state index contributed by atoms with van der Waals surface area (Å²) in [6.07, 6.45) is 1.91. The third-order valence-corrected chi connectivity index (χ3v) is 1.54. The summed E-state index contributed by atoms with van der Waals surface area (Å²) in [7, 11) is 0. The first-order valence-electron chi connectivity index (χ1n) is 2.91. The van der Waals surface area contributed by atoms with Crippen LogP contribution in [0, 0.1) is 0 Å². The summed E-state index contributed by atoms with van der Waals surface area (Å²) >= 11 is 1.46. The normalized spacial score (nSPS) is 9.30. The van der Waals surface area contributed by atoms with Crippen LogP contribution < -0.4 is 4.72 Å². The molecule has 3 heteroatoms. The highest BCUT2D eigenvalue weighted by Crippen LogP contribution is 2.23. The summed E-state index contributed by atoms with van der Waals surface area (Å²) in [6.45, 7) is 0. The number of rotatable bonds is 2. The van der Waals surface area contributed by atoms with Crippen LogP contribution >= 0.6 is 11.9 Å². The van der Waals surface area contributed by atoms with E-state index < -0.39 is 0 Å². The molecule has 0 bridgehead atoms. The van der Waals surface area contributed by atoms with Gasteiger partial charge in [-0.2, -0.15) is 0 Å². The van der Waals surface area contributed by atoms with Gasteiger partial charge in [0.2, 0.25) is 0 Å². The van der Waals surface area contributed by atoms with Gasteiger partial charge >= 0.3 is 0 Å². The molecule has 1 rings (SSSR count). The van der Waals surface area contributed by atoms with Gasteiger partial charge in [-0.3, -0.25) is 0 Å². The predicted octanol–water partition coefficient (Wildman–Crippen LogP) is 2.08. The maximum absolute atomic E-state index is 9.17. The van der Waals surface area contributed by atoms with Gasteiger partial charge in [0.15, 0.2) is 0 Å². The number of para-hydroxylation sites is 2. The molecule has 0 radical (unpaired) electrons. The second-order valence-corrected chi connectivity index (χ2v) is 2.44. The van der Waals surface area contributed by atoms with Crippen molar-refractivity contribution in [2.24, 2.45) is 0 Å². The third-order valence-electron chi connectivity index (χ3n) is 1.12. The summed E-state index contributed by atoms with van der Waals surface area (Å²) in [4.78, 5) is 0. The van der Waals surface area contributed by atoms with Gasteiger partial charge in [0.25, 0.3) is 0 Å². The average Bonchev–Trinajstić information content (AvgIpc) is 1.94. The average molecular weight is 155 g/mol. The van der Waals surface area contributed by atoms with Gasteiger partial charge in [0.05, 0.1) is 5.69 Å². The Kier molecular flexibility index (Phi) is 2.45. The zero-order valence-electron chi connectivity index (χ0n) is 5.66. The smallest absolute Gasteiger partial charge is 0.139 e. The Morgan fingerprint density at radius 2 is 2.10 bits per heavy atom. The minimum absolute atomic E-state index is 0.289. The van der Waals surface area contributed by atoms with E-state index in [0.29, 0.717) is 0 Å². The molecule has 0 atom stereocenters. The van der Waals surface area contributed by atoms with Gasteiger partial charge in [-0.05, 0) is 12.1 Å². The molecule has 2 nitrogen and oxygen atoms in total. The van der Waals surface area contributed by atoms with Crippen LogP contribution in [0.5, 0.6) is 5.75 Å². The summed E-state index contributed by atoms with van der Waals surface area (Å²) in [5.74, 6) is 0.289. The van der Waals surface area contributed by atoms with E-state index in [1.54, 1.807) is 12.1 Å². The molecule has 0 aromatic heterocycles. The number of hydrogen-bond acceptors (Lipinski definition) is 3. The summed E-state index contributed by atoms with van der Waals surface area (Å²) in [5.41, 5.74) is 0.759. The van der Waals surface area contributed by atoms with Gasteiger partial charge in [-0.1, -0.05) is 24.1 Å². The Morgan fingerprint density at radius 3 is 2.70 bits per heavy atom. The van der Waals surface area contributed by atoms with E-state index in [4.69, 9.17) is 5.11 Å². The van der Waals surface area contributed by atoms with Crippen molar-refractivity contribution < 1.29 is 5.11 Å². The zero-order valence-corrected chi connectivity index (χ0v) is 6.48. The van der Waals surface area contributed by atoms with E-state index in [-0.39, 0.29) is 5.75 Å². The zero-order chi connectivity index (χ0) is 7.40. The van der Waals surface area contributed by atoms with Crippen molar-refractivity contribution in [3.63, 3.8) is 0 Å². The van der Waals surface area contributed by atoms with Crippen LogP contribution in [0.15, 0.2) is 24.3 Å². The maximum atomic E-state index is 9.17.